The van der Waals surface area contributed by atoms with Gasteiger partial charge < -0.3 is 10.8 Å². The van der Waals surface area contributed by atoms with E-state index in [1.165, 1.54) is 0 Å². The molecule has 2 rings (SSSR count). The third-order valence-corrected chi connectivity index (χ3v) is 3.04. The summed E-state index contributed by atoms with van der Waals surface area (Å²) in [6.07, 6.45) is 0. The molecular weight excluding hydrogens is 234 g/mol. The Bertz CT molecular complexity index is 499. The van der Waals surface area contributed by atoms with E-state index >= 15 is 0 Å². The van der Waals surface area contributed by atoms with E-state index in [0.717, 1.165) is 11.1 Å². The summed E-state index contributed by atoms with van der Waals surface area (Å²) in [5.74, 6) is -0.130. The van der Waals surface area contributed by atoms with Crippen LogP contribution in [0.2, 0.25) is 5.02 Å². The van der Waals surface area contributed by atoms with Crippen molar-refractivity contribution in [2.75, 3.05) is 12.3 Å². The number of anilines is 1. The second kappa shape index (κ2) is 5.21. The molecule has 0 spiro atoms. The van der Waals surface area contributed by atoms with Crippen molar-refractivity contribution in [1.82, 2.24) is 0 Å². The number of rotatable bonds is 3. The van der Waals surface area contributed by atoms with E-state index in [2.05, 4.69) is 0 Å². The number of hydrogen-bond acceptors (Lipinski definition) is 2. The maximum Gasteiger partial charge on any atom is 0.0541 e. The molecule has 0 bridgehead atoms. The second-order valence-corrected chi connectivity index (χ2v) is 4.36. The summed E-state index contributed by atoms with van der Waals surface area (Å²) in [7, 11) is 0. The molecule has 0 fully saturated rings. The third-order valence-electron chi connectivity index (χ3n) is 2.81. The van der Waals surface area contributed by atoms with Crippen LogP contribution in [0, 0.1) is 0 Å². The summed E-state index contributed by atoms with van der Waals surface area (Å²) in [4.78, 5) is 0. The van der Waals surface area contributed by atoms with Gasteiger partial charge in [-0.2, -0.15) is 0 Å². The smallest absolute Gasteiger partial charge is 0.0541 e. The Morgan fingerprint density at radius 1 is 1.12 bits per heavy atom. The summed E-state index contributed by atoms with van der Waals surface area (Å²) in [6.45, 7) is 0.00849. The maximum atomic E-state index is 9.55. The first kappa shape index (κ1) is 12.0. The van der Waals surface area contributed by atoms with E-state index in [-0.39, 0.29) is 12.5 Å². The molecule has 2 aromatic rings. The van der Waals surface area contributed by atoms with E-state index in [1.807, 2.05) is 36.4 Å². The van der Waals surface area contributed by atoms with E-state index in [0.29, 0.717) is 10.7 Å². The van der Waals surface area contributed by atoms with Crippen molar-refractivity contribution < 1.29 is 5.11 Å². The topological polar surface area (TPSA) is 46.2 Å². The Labute approximate surface area is 106 Å². The van der Waals surface area contributed by atoms with Crippen LogP contribution in [0.3, 0.4) is 0 Å². The van der Waals surface area contributed by atoms with Crippen molar-refractivity contribution in [2.24, 2.45) is 0 Å². The average molecular weight is 248 g/mol. The molecule has 2 aromatic carbocycles. The Morgan fingerprint density at radius 3 is 2.47 bits per heavy atom. The quantitative estimate of drug-likeness (QED) is 0.819. The number of aliphatic hydroxyl groups is 1. The highest BCUT2D eigenvalue weighted by Crippen LogP contribution is 2.30. The van der Waals surface area contributed by atoms with Crippen LogP contribution in [0.25, 0.3) is 0 Å². The molecule has 0 aliphatic carbocycles. The number of benzene rings is 2. The molecule has 2 nitrogen and oxygen atoms in total. The van der Waals surface area contributed by atoms with Crippen LogP contribution in [0.1, 0.15) is 17.0 Å². The largest absolute Gasteiger partial charge is 0.398 e. The van der Waals surface area contributed by atoms with Gasteiger partial charge in [0.05, 0.1) is 6.61 Å². The van der Waals surface area contributed by atoms with Gasteiger partial charge in [0.25, 0.3) is 0 Å². The van der Waals surface area contributed by atoms with Gasteiger partial charge >= 0.3 is 0 Å². The zero-order chi connectivity index (χ0) is 12.3. The number of nitrogens with two attached hydrogens (primary N) is 1. The molecule has 1 atom stereocenters. The van der Waals surface area contributed by atoms with Gasteiger partial charge in [0, 0.05) is 16.6 Å². The molecular formula is C14H14ClNO. The number of hydrogen-bond donors (Lipinski definition) is 2. The Morgan fingerprint density at radius 2 is 1.82 bits per heavy atom. The molecule has 0 radical (unpaired) electrons. The van der Waals surface area contributed by atoms with Crippen molar-refractivity contribution in [1.29, 1.82) is 0 Å². The lowest BCUT2D eigenvalue weighted by Crippen LogP contribution is -2.08. The van der Waals surface area contributed by atoms with Crippen LogP contribution >= 0.6 is 11.6 Å². The average Bonchev–Trinajstić information content (AvgIpc) is 2.36. The van der Waals surface area contributed by atoms with E-state index in [4.69, 9.17) is 17.3 Å². The Hall–Kier alpha value is -1.51. The minimum atomic E-state index is -0.130. The summed E-state index contributed by atoms with van der Waals surface area (Å²) in [6, 6.07) is 15.1. The zero-order valence-corrected chi connectivity index (χ0v) is 10.1. The maximum absolute atomic E-state index is 9.55. The molecule has 0 heterocycles. The van der Waals surface area contributed by atoms with Gasteiger partial charge in [0.15, 0.2) is 0 Å². The Balaban J connectivity index is 2.46. The van der Waals surface area contributed by atoms with E-state index in [1.54, 1.807) is 12.1 Å². The van der Waals surface area contributed by atoms with Crippen molar-refractivity contribution >= 4 is 17.3 Å². The van der Waals surface area contributed by atoms with Gasteiger partial charge in [0.1, 0.15) is 0 Å². The first-order chi connectivity index (χ1) is 8.22. The molecule has 3 N–H and O–H groups in total. The summed E-state index contributed by atoms with van der Waals surface area (Å²) in [5, 5.41) is 10.2. The highest BCUT2D eigenvalue weighted by atomic mass is 35.5. The van der Waals surface area contributed by atoms with Crippen molar-refractivity contribution in [2.45, 2.75) is 5.92 Å². The fraction of sp³-hybridized carbons (Fsp3) is 0.143. The lowest BCUT2D eigenvalue weighted by atomic mass is 9.91. The van der Waals surface area contributed by atoms with Gasteiger partial charge in [-0.25, -0.2) is 0 Å². The molecule has 1 unspecified atom stereocenters. The molecule has 0 aromatic heterocycles. The number of halogens is 1. The van der Waals surface area contributed by atoms with Gasteiger partial charge in [-0.05, 0) is 29.3 Å². The first-order valence-corrected chi connectivity index (χ1v) is 5.81. The molecule has 0 amide bonds. The molecule has 0 aliphatic heterocycles. The standard InChI is InChI=1S/C14H14ClNO/c15-11-6-7-14(16)12(8-11)13(9-17)10-4-2-1-3-5-10/h1-8,13,17H,9,16H2. The van der Waals surface area contributed by atoms with Crippen molar-refractivity contribution in [3.05, 3.63) is 64.7 Å². The second-order valence-electron chi connectivity index (χ2n) is 3.92. The fourth-order valence-corrected chi connectivity index (χ4v) is 2.10. The molecule has 3 heteroatoms. The number of aliphatic hydroxyl groups excluding tert-OH is 1. The van der Waals surface area contributed by atoms with Gasteiger partial charge in [-0.3, -0.25) is 0 Å². The van der Waals surface area contributed by atoms with Gasteiger partial charge in [-0.1, -0.05) is 41.9 Å². The first-order valence-electron chi connectivity index (χ1n) is 5.43. The molecule has 0 saturated carbocycles. The predicted octanol–water partition coefficient (Wildman–Crippen LogP) is 3.05. The summed E-state index contributed by atoms with van der Waals surface area (Å²) < 4.78 is 0. The van der Waals surface area contributed by atoms with Crippen molar-refractivity contribution in [3.63, 3.8) is 0 Å². The fourth-order valence-electron chi connectivity index (χ4n) is 1.92. The molecule has 88 valence electrons. The zero-order valence-electron chi connectivity index (χ0n) is 9.31. The number of nitrogen functional groups attached to an aromatic ring is 1. The highest BCUT2D eigenvalue weighted by Gasteiger charge is 2.15. The predicted molar refractivity (Wildman–Crippen MR) is 71.2 cm³/mol. The van der Waals surface area contributed by atoms with Crippen LogP contribution < -0.4 is 5.73 Å². The highest BCUT2D eigenvalue weighted by molar-refractivity contribution is 6.30. The minimum absolute atomic E-state index is 0.00849. The van der Waals surface area contributed by atoms with E-state index in [9.17, 15) is 5.11 Å². The van der Waals surface area contributed by atoms with Crippen molar-refractivity contribution in [3.8, 4) is 0 Å². The Kier molecular flexibility index (Phi) is 3.67. The SMILES string of the molecule is Nc1ccc(Cl)cc1C(CO)c1ccccc1. The lowest BCUT2D eigenvalue weighted by molar-refractivity contribution is 0.281. The van der Waals surface area contributed by atoms with Gasteiger partial charge in [-0.15, -0.1) is 0 Å². The summed E-state index contributed by atoms with van der Waals surface area (Å²) >= 11 is 5.97. The van der Waals surface area contributed by atoms with Crippen LogP contribution in [0.15, 0.2) is 48.5 Å². The van der Waals surface area contributed by atoms with E-state index < -0.39 is 0 Å². The minimum Gasteiger partial charge on any atom is -0.398 e. The summed E-state index contributed by atoms with van der Waals surface area (Å²) in [5.41, 5.74) is 8.48. The van der Waals surface area contributed by atoms with Crippen LogP contribution in [-0.4, -0.2) is 11.7 Å². The van der Waals surface area contributed by atoms with Crippen LogP contribution in [0.4, 0.5) is 5.69 Å². The molecule has 0 aliphatic rings. The molecule has 0 saturated heterocycles. The van der Waals surface area contributed by atoms with Crippen LogP contribution in [0.5, 0.6) is 0 Å². The normalized spacial score (nSPS) is 12.4. The van der Waals surface area contributed by atoms with Crippen LogP contribution in [-0.2, 0) is 0 Å². The lowest BCUT2D eigenvalue weighted by Gasteiger charge is -2.17. The van der Waals surface area contributed by atoms with Gasteiger partial charge in [0.2, 0.25) is 0 Å². The third kappa shape index (κ3) is 2.60. The molecule has 17 heavy (non-hydrogen) atoms. The monoisotopic (exact) mass is 247 g/mol.